The first-order valence-corrected chi connectivity index (χ1v) is 6.18. The average molecular weight is 305 g/mol. The van der Waals surface area contributed by atoms with Crippen molar-refractivity contribution in [1.29, 1.82) is 0 Å². The van der Waals surface area contributed by atoms with Gasteiger partial charge in [-0.3, -0.25) is 0 Å². The lowest BCUT2D eigenvalue weighted by atomic mass is 10.1. The van der Waals surface area contributed by atoms with Crippen molar-refractivity contribution in [3.63, 3.8) is 0 Å². The molecular formula is C14H9F2N3O3. The molecule has 3 rings (SSSR count). The zero-order chi connectivity index (χ0) is 15.7. The standard InChI is InChI=1S/C14H9F2N3O3/c15-14(16)22-9-3-1-2-8(6-9)11-4-5-17-12-7-10(13(20)21)18-19(11)12/h1-7,14H,(H,20,21). The number of benzene rings is 1. The Balaban J connectivity index is 2.11. The summed E-state index contributed by atoms with van der Waals surface area (Å²) in [6.45, 7) is -2.92. The van der Waals surface area contributed by atoms with Crippen molar-refractivity contribution in [3.05, 3.63) is 48.3 Å². The maximum absolute atomic E-state index is 12.3. The van der Waals surface area contributed by atoms with Gasteiger partial charge in [0, 0.05) is 17.8 Å². The molecule has 1 N–H and O–H groups in total. The summed E-state index contributed by atoms with van der Waals surface area (Å²) in [6, 6.07) is 8.98. The molecule has 0 atom stereocenters. The van der Waals surface area contributed by atoms with Gasteiger partial charge in [0.15, 0.2) is 11.3 Å². The molecule has 0 radical (unpaired) electrons. The van der Waals surface area contributed by atoms with Gasteiger partial charge in [0.25, 0.3) is 0 Å². The Bertz CT molecular complexity index is 848. The monoisotopic (exact) mass is 305 g/mol. The zero-order valence-corrected chi connectivity index (χ0v) is 11.0. The lowest BCUT2D eigenvalue weighted by molar-refractivity contribution is -0.0498. The molecule has 0 saturated carbocycles. The fraction of sp³-hybridized carbons (Fsp3) is 0.0714. The van der Waals surface area contributed by atoms with Crippen LogP contribution >= 0.6 is 0 Å². The van der Waals surface area contributed by atoms with Crippen LogP contribution in [0.2, 0.25) is 0 Å². The van der Waals surface area contributed by atoms with Crippen molar-refractivity contribution in [2.45, 2.75) is 6.61 Å². The van der Waals surface area contributed by atoms with E-state index in [0.29, 0.717) is 16.9 Å². The number of ether oxygens (including phenoxy) is 1. The minimum absolute atomic E-state index is 0.00285. The lowest BCUT2D eigenvalue weighted by Gasteiger charge is -2.08. The van der Waals surface area contributed by atoms with Crippen LogP contribution in [-0.2, 0) is 0 Å². The van der Waals surface area contributed by atoms with Crippen LogP contribution in [-0.4, -0.2) is 32.3 Å². The number of rotatable bonds is 4. The van der Waals surface area contributed by atoms with Gasteiger partial charge in [0.2, 0.25) is 0 Å². The number of carbonyl (C=O) groups is 1. The van der Waals surface area contributed by atoms with Crippen molar-refractivity contribution < 1.29 is 23.4 Å². The normalized spacial score (nSPS) is 11.0. The van der Waals surface area contributed by atoms with E-state index < -0.39 is 12.6 Å². The lowest BCUT2D eigenvalue weighted by Crippen LogP contribution is -2.02. The number of carboxylic acids is 1. The molecule has 8 heteroatoms. The van der Waals surface area contributed by atoms with Crippen molar-refractivity contribution >= 4 is 11.6 Å². The molecule has 112 valence electrons. The number of carboxylic acid groups (broad SMARTS) is 1. The van der Waals surface area contributed by atoms with E-state index in [-0.39, 0.29) is 11.4 Å². The third kappa shape index (κ3) is 2.58. The first-order valence-electron chi connectivity index (χ1n) is 6.18. The Morgan fingerprint density at radius 3 is 2.82 bits per heavy atom. The summed E-state index contributed by atoms with van der Waals surface area (Å²) in [4.78, 5) is 15.0. The molecular weight excluding hydrogens is 296 g/mol. The zero-order valence-electron chi connectivity index (χ0n) is 11.0. The van der Waals surface area contributed by atoms with E-state index in [0.717, 1.165) is 0 Å². The molecule has 3 aromatic rings. The summed E-state index contributed by atoms with van der Waals surface area (Å²) >= 11 is 0. The Morgan fingerprint density at radius 1 is 1.27 bits per heavy atom. The van der Waals surface area contributed by atoms with E-state index in [2.05, 4.69) is 14.8 Å². The van der Waals surface area contributed by atoms with E-state index in [9.17, 15) is 13.6 Å². The van der Waals surface area contributed by atoms with Gasteiger partial charge in [-0.2, -0.15) is 13.9 Å². The van der Waals surface area contributed by atoms with Crippen LogP contribution < -0.4 is 4.74 Å². The molecule has 0 spiro atoms. The fourth-order valence-corrected chi connectivity index (χ4v) is 2.05. The van der Waals surface area contributed by atoms with Gasteiger partial charge in [-0.05, 0) is 18.2 Å². The topological polar surface area (TPSA) is 76.7 Å². The van der Waals surface area contributed by atoms with Gasteiger partial charge in [-0.25, -0.2) is 14.3 Å². The average Bonchev–Trinajstić information content (AvgIpc) is 2.91. The molecule has 1 aromatic carbocycles. The molecule has 0 saturated heterocycles. The van der Waals surface area contributed by atoms with Crippen molar-refractivity contribution in [2.75, 3.05) is 0 Å². The van der Waals surface area contributed by atoms with Crippen LogP contribution in [0.5, 0.6) is 5.75 Å². The highest BCUT2D eigenvalue weighted by Gasteiger charge is 2.13. The number of hydrogen-bond donors (Lipinski definition) is 1. The largest absolute Gasteiger partial charge is 0.476 e. The van der Waals surface area contributed by atoms with E-state index in [4.69, 9.17) is 5.11 Å². The molecule has 6 nitrogen and oxygen atoms in total. The van der Waals surface area contributed by atoms with Crippen molar-refractivity contribution in [1.82, 2.24) is 14.6 Å². The summed E-state index contributed by atoms with van der Waals surface area (Å²) in [5, 5.41) is 12.9. The van der Waals surface area contributed by atoms with Crippen molar-refractivity contribution in [3.8, 4) is 17.0 Å². The number of hydrogen-bond acceptors (Lipinski definition) is 4. The number of fused-ring (bicyclic) bond motifs is 1. The molecule has 0 unspecified atom stereocenters. The summed E-state index contributed by atoms with van der Waals surface area (Å²) in [5.74, 6) is -1.17. The van der Waals surface area contributed by atoms with E-state index in [1.807, 2.05) is 0 Å². The fourth-order valence-electron chi connectivity index (χ4n) is 2.05. The van der Waals surface area contributed by atoms with Gasteiger partial charge in [0.05, 0.1) is 5.69 Å². The highest BCUT2D eigenvalue weighted by atomic mass is 19.3. The second kappa shape index (κ2) is 5.40. The first kappa shape index (κ1) is 13.9. The second-order valence-corrected chi connectivity index (χ2v) is 4.34. The maximum Gasteiger partial charge on any atom is 0.387 e. The highest BCUT2D eigenvalue weighted by molar-refractivity contribution is 5.87. The quantitative estimate of drug-likeness (QED) is 0.802. The minimum atomic E-state index is -2.92. The first-order chi connectivity index (χ1) is 10.5. The minimum Gasteiger partial charge on any atom is -0.476 e. The molecule has 2 heterocycles. The smallest absolute Gasteiger partial charge is 0.387 e. The van der Waals surface area contributed by atoms with E-state index >= 15 is 0 Å². The van der Waals surface area contributed by atoms with E-state index in [1.165, 1.54) is 28.9 Å². The Kier molecular flexibility index (Phi) is 3.42. The van der Waals surface area contributed by atoms with Gasteiger partial charge < -0.3 is 9.84 Å². The van der Waals surface area contributed by atoms with Gasteiger partial charge in [-0.1, -0.05) is 12.1 Å². The third-order valence-electron chi connectivity index (χ3n) is 2.93. The van der Waals surface area contributed by atoms with Crippen molar-refractivity contribution in [2.24, 2.45) is 0 Å². The predicted molar refractivity (Wildman–Crippen MR) is 72.0 cm³/mol. The maximum atomic E-state index is 12.3. The van der Waals surface area contributed by atoms with Crippen LogP contribution in [0.15, 0.2) is 42.6 Å². The second-order valence-electron chi connectivity index (χ2n) is 4.34. The SMILES string of the molecule is O=C(O)c1cc2nccc(-c3cccc(OC(F)F)c3)n2n1. The Labute approximate surface area is 122 Å². The number of nitrogens with zero attached hydrogens (tertiary/aromatic N) is 3. The van der Waals surface area contributed by atoms with Crippen LogP contribution in [0, 0.1) is 0 Å². The number of halogens is 2. The highest BCUT2D eigenvalue weighted by Crippen LogP contribution is 2.25. The summed E-state index contributed by atoms with van der Waals surface area (Å²) in [6.07, 6.45) is 1.48. The summed E-state index contributed by atoms with van der Waals surface area (Å²) in [5.41, 5.74) is 1.25. The Hall–Kier alpha value is -3.03. The Morgan fingerprint density at radius 2 is 2.09 bits per heavy atom. The molecule has 0 bridgehead atoms. The van der Waals surface area contributed by atoms with Crippen LogP contribution in [0.1, 0.15) is 10.5 Å². The molecule has 0 aliphatic rings. The molecule has 0 aliphatic heterocycles. The molecule has 0 fully saturated rings. The van der Waals surface area contributed by atoms with E-state index in [1.54, 1.807) is 18.2 Å². The van der Waals surface area contributed by atoms with Gasteiger partial charge in [-0.15, -0.1) is 0 Å². The summed E-state index contributed by atoms with van der Waals surface area (Å²) in [7, 11) is 0. The molecule has 0 aliphatic carbocycles. The van der Waals surface area contributed by atoms with Gasteiger partial charge in [0.1, 0.15) is 5.75 Å². The van der Waals surface area contributed by atoms with Crippen LogP contribution in [0.3, 0.4) is 0 Å². The number of aromatic nitrogens is 3. The molecule has 0 amide bonds. The number of aromatic carboxylic acids is 1. The van der Waals surface area contributed by atoms with Crippen LogP contribution in [0.25, 0.3) is 16.9 Å². The third-order valence-corrected chi connectivity index (χ3v) is 2.93. The number of alkyl halides is 2. The molecule has 2 aromatic heterocycles. The molecule has 22 heavy (non-hydrogen) atoms. The van der Waals surface area contributed by atoms with Crippen LogP contribution in [0.4, 0.5) is 8.78 Å². The predicted octanol–water partition coefficient (Wildman–Crippen LogP) is 2.70. The van der Waals surface area contributed by atoms with Gasteiger partial charge >= 0.3 is 12.6 Å². The summed E-state index contributed by atoms with van der Waals surface area (Å²) < 4.78 is 30.3.